The van der Waals surface area contributed by atoms with Gasteiger partial charge in [-0.1, -0.05) is 29.8 Å². The van der Waals surface area contributed by atoms with E-state index in [1.165, 1.54) is 11.1 Å². The lowest BCUT2D eigenvalue weighted by Crippen LogP contribution is -2.25. The van der Waals surface area contributed by atoms with Gasteiger partial charge in [0.2, 0.25) is 5.91 Å². The average Bonchev–Trinajstić information content (AvgIpc) is 2.32. The molecule has 0 radical (unpaired) electrons. The number of carbonyl (C=O) groups excluding carboxylic acids is 1. The van der Waals surface area contributed by atoms with Crippen LogP contribution in [0.15, 0.2) is 24.3 Å². The van der Waals surface area contributed by atoms with E-state index in [9.17, 15) is 4.79 Å². The van der Waals surface area contributed by atoms with Crippen LogP contribution in [0.4, 0.5) is 0 Å². The zero-order valence-corrected chi connectivity index (χ0v) is 10.5. The number of benzene rings is 1. The highest BCUT2D eigenvalue weighted by atomic mass is 16.1. The highest BCUT2D eigenvalue weighted by Gasteiger charge is 2.00. The van der Waals surface area contributed by atoms with Crippen molar-refractivity contribution >= 4 is 5.91 Å². The Labute approximate surface area is 103 Å². The van der Waals surface area contributed by atoms with Crippen molar-refractivity contribution in [2.75, 3.05) is 13.1 Å². The molecule has 1 aromatic rings. The fraction of sp³-hybridized carbons (Fsp3) is 0.500. The van der Waals surface area contributed by atoms with Gasteiger partial charge in [-0.2, -0.15) is 0 Å². The minimum absolute atomic E-state index is 0.130. The van der Waals surface area contributed by atoms with E-state index in [1.54, 1.807) is 0 Å². The van der Waals surface area contributed by atoms with Gasteiger partial charge in [-0.05, 0) is 38.3 Å². The fourth-order valence-electron chi connectivity index (χ4n) is 1.63. The van der Waals surface area contributed by atoms with Crippen molar-refractivity contribution in [3.63, 3.8) is 0 Å². The smallest absolute Gasteiger partial charge is 0.220 e. The molecule has 0 unspecified atom stereocenters. The van der Waals surface area contributed by atoms with Crippen LogP contribution < -0.4 is 11.1 Å². The zero-order chi connectivity index (χ0) is 12.5. The lowest BCUT2D eigenvalue weighted by Gasteiger charge is -2.04. The molecule has 1 aromatic carbocycles. The van der Waals surface area contributed by atoms with Gasteiger partial charge in [-0.25, -0.2) is 0 Å². The Kier molecular flexibility index (Phi) is 6.33. The maximum Gasteiger partial charge on any atom is 0.220 e. The van der Waals surface area contributed by atoms with E-state index in [2.05, 4.69) is 36.5 Å². The van der Waals surface area contributed by atoms with Crippen molar-refractivity contribution in [1.29, 1.82) is 0 Å². The average molecular weight is 234 g/mol. The molecular formula is C14H22N2O. The molecule has 17 heavy (non-hydrogen) atoms. The molecule has 0 aliphatic rings. The second kappa shape index (κ2) is 7.85. The molecular weight excluding hydrogens is 212 g/mol. The first-order valence-corrected chi connectivity index (χ1v) is 6.24. The molecule has 0 saturated heterocycles. The van der Waals surface area contributed by atoms with Crippen molar-refractivity contribution < 1.29 is 4.79 Å². The summed E-state index contributed by atoms with van der Waals surface area (Å²) in [5, 5.41) is 2.86. The minimum atomic E-state index is 0.130. The summed E-state index contributed by atoms with van der Waals surface area (Å²) < 4.78 is 0. The molecule has 0 atom stereocenters. The number of aryl methyl sites for hydroxylation is 2. The van der Waals surface area contributed by atoms with Gasteiger partial charge in [-0.3, -0.25) is 4.79 Å². The van der Waals surface area contributed by atoms with E-state index >= 15 is 0 Å². The van der Waals surface area contributed by atoms with Gasteiger partial charge in [-0.15, -0.1) is 0 Å². The number of hydrogen-bond acceptors (Lipinski definition) is 2. The van der Waals surface area contributed by atoms with Crippen molar-refractivity contribution in [1.82, 2.24) is 5.32 Å². The Hall–Kier alpha value is -1.35. The standard InChI is InChI=1S/C14H22N2O/c1-12-6-8-13(9-7-12)4-2-5-14(17)16-11-3-10-15/h6-9H,2-5,10-11,15H2,1H3,(H,16,17). The van der Waals surface area contributed by atoms with Gasteiger partial charge in [0, 0.05) is 13.0 Å². The summed E-state index contributed by atoms with van der Waals surface area (Å²) in [7, 11) is 0. The van der Waals surface area contributed by atoms with Gasteiger partial charge >= 0.3 is 0 Å². The maximum atomic E-state index is 11.4. The molecule has 0 fully saturated rings. The van der Waals surface area contributed by atoms with Crippen LogP contribution >= 0.6 is 0 Å². The Morgan fingerprint density at radius 3 is 2.59 bits per heavy atom. The first-order valence-electron chi connectivity index (χ1n) is 6.24. The van der Waals surface area contributed by atoms with Crippen molar-refractivity contribution in [2.24, 2.45) is 5.73 Å². The molecule has 94 valence electrons. The highest BCUT2D eigenvalue weighted by molar-refractivity contribution is 5.75. The molecule has 3 heteroatoms. The molecule has 0 spiro atoms. The van der Waals surface area contributed by atoms with Crippen LogP contribution in [0.5, 0.6) is 0 Å². The summed E-state index contributed by atoms with van der Waals surface area (Å²) in [5.74, 6) is 0.130. The molecule has 0 aromatic heterocycles. The summed E-state index contributed by atoms with van der Waals surface area (Å²) in [6.07, 6.45) is 3.31. The van der Waals surface area contributed by atoms with E-state index in [0.717, 1.165) is 19.3 Å². The van der Waals surface area contributed by atoms with E-state index in [1.807, 2.05) is 0 Å². The molecule has 0 aliphatic carbocycles. The van der Waals surface area contributed by atoms with Crippen molar-refractivity contribution in [2.45, 2.75) is 32.6 Å². The van der Waals surface area contributed by atoms with Crippen LogP contribution in [0, 0.1) is 6.92 Å². The molecule has 1 amide bonds. The lowest BCUT2D eigenvalue weighted by molar-refractivity contribution is -0.121. The summed E-state index contributed by atoms with van der Waals surface area (Å²) in [6, 6.07) is 8.47. The third kappa shape index (κ3) is 6.07. The van der Waals surface area contributed by atoms with E-state index < -0.39 is 0 Å². The Bertz CT molecular complexity index is 333. The number of carbonyl (C=O) groups is 1. The lowest BCUT2D eigenvalue weighted by atomic mass is 10.1. The van der Waals surface area contributed by atoms with Crippen LogP contribution in [-0.4, -0.2) is 19.0 Å². The number of nitrogens with two attached hydrogens (primary N) is 1. The van der Waals surface area contributed by atoms with Crippen LogP contribution in [0.25, 0.3) is 0 Å². The Balaban J connectivity index is 2.14. The molecule has 3 nitrogen and oxygen atoms in total. The van der Waals surface area contributed by atoms with Crippen LogP contribution in [0.1, 0.15) is 30.4 Å². The number of nitrogens with one attached hydrogen (secondary N) is 1. The first kappa shape index (κ1) is 13.7. The summed E-state index contributed by atoms with van der Waals surface area (Å²) >= 11 is 0. The Morgan fingerprint density at radius 1 is 1.24 bits per heavy atom. The van der Waals surface area contributed by atoms with E-state index in [4.69, 9.17) is 5.73 Å². The van der Waals surface area contributed by atoms with Gasteiger partial charge < -0.3 is 11.1 Å². The minimum Gasteiger partial charge on any atom is -0.356 e. The van der Waals surface area contributed by atoms with Gasteiger partial charge in [0.15, 0.2) is 0 Å². The molecule has 0 heterocycles. The molecule has 0 bridgehead atoms. The third-order valence-corrected chi connectivity index (χ3v) is 2.69. The summed E-state index contributed by atoms with van der Waals surface area (Å²) in [5.41, 5.74) is 7.92. The normalized spacial score (nSPS) is 10.2. The van der Waals surface area contributed by atoms with Crippen molar-refractivity contribution in [3.05, 3.63) is 35.4 Å². The van der Waals surface area contributed by atoms with Crippen LogP contribution in [0.3, 0.4) is 0 Å². The predicted octanol–water partition coefficient (Wildman–Crippen LogP) is 1.78. The first-order chi connectivity index (χ1) is 8.22. The molecule has 0 saturated carbocycles. The quantitative estimate of drug-likeness (QED) is 0.707. The van der Waals surface area contributed by atoms with Gasteiger partial charge in [0.05, 0.1) is 0 Å². The van der Waals surface area contributed by atoms with Gasteiger partial charge in [0.25, 0.3) is 0 Å². The zero-order valence-electron chi connectivity index (χ0n) is 10.5. The van der Waals surface area contributed by atoms with Crippen molar-refractivity contribution in [3.8, 4) is 0 Å². The molecule has 3 N–H and O–H groups in total. The van der Waals surface area contributed by atoms with Gasteiger partial charge in [0.1, 0.15) is 0 Å². The maximum absolute atomic E-state index is 11.4. The number of rotatable bonds is 7. The largest absolute Gasteiger partial charge is 0.356 e. The number of hydrogen-bond donors (Lipinski definition) is 2. The van der Waals surface area contributed by atoms with Crippen LogP contribution in [0.2, 0.25) is 0 Å². The summed E-state index contributed by atoms with van der Waals surface area (Å²) in [4.78, 5) is 11.4. The highest BCUT2D eigenvalue weighted by Crippen LogP contribution is 2.07. The van der Waals surface area contributed by atoms with Crippen LogP contribution in [-0.2, 0) is 11.2 Å². The van der Waals surface area contributed by atoms with E-state index in [0.29, 0.717) is 19.5 Å². The summed E-state index contributed by atoms with van der Waals surface area (Å²) in [6.45, 7) is 3.40. The monoisotopic (exact) mass is 234 g/mol. The Morgan fingerprint density at radius 2 is 1.94 bits per heavy atom. The predicted molar refractivity (Wildman–Crippen MR) is 70.8 cm³/mol. The third-order valence-electron chi connectivity index (χ3n) is 2.69. The number of amides is 1. The van der Waals surface area contributed by atoms with E-state index in [-0.39, 0.29) is 5.91 Å². The fourth-order valence-corrected chi connectivity index (χ4v) is 1.63. The SMILES string of the molecule is Cc1ccc(CCCC(=O)NCCCN)cc1. The second-order valence-electron chi connectivity index (χ2n) is 4.33. The topological polar surface area (TPSA) is 55.1 Å². The second-order valence-corrected chi connectivity index (χ2v) is 4.33. The molecule has 0 aliphatic heterocycles. The molecule has 1 rings (SSSR count).